The highest BCUT2D eigenvalue weighted by atomic mass is 19.4. The van der Waals surface area contributed by atoms with Crippen LogP contribution in [0.25, 0.3) is 0 Å². The lowest BCUT2D eigenvalue weighted by Crippen LogP contribution is -2.33. The summed E-state index contributed by atoms with van der Waals surface area (Å²) >= 11 is 0. The van der Waals surface area contributed by atoms with Crippen molar-refractivity contribution in [1.82, 2.24) is 4.90 Å². The van der Waals surface area contributed by atoms with Crippen LogP contribution in [0.1, 0.15) is 23.6 Å². The minimum atomic E-state index is -4.48. The molecule has 1 saturated heterocycles. The Morgan fingerprint density at radius 3 is 2.31 bits per heavy atom. The summed E-state index contributed by atoms with van der Waals surface area (Å²) in [6, 6.07) is 10.5. The summed E-state index contributed by atoms with van der Waals surface area (Å²) in [5, 5.41) is 0. The van der Waals surface area contributed by atoms with Crippen molar-refractivity contribution < 1.29 is 22.8 Å². The van der Waals surface area contributed by atoms with Gasteiger partial charge in [-0.25, -0.2) is 4.79 Å². The molecule has 3 amide bonds. The summed E-state index contributed by atoms with van der Waals surface area (Å²) in [6.07, 6.45) is -4.48. The smallest absolute Gasteiger partial charge is 0.282 e. The van der Waals surface area contributed by atoms with E-state index in [1.54, 1.807) is 19.1 Å². The molecule has 1 aliphatic heterocycles. The van der Waals surface area contributed by atoms with Crippen molar-refractivity contribution in [1.29, 1.82) is 0 Å². The molecule has 1 heterocycles. The average Bonchev–Trinajstić information content (AvgIpc) is 2.79. The predicted octanol–water partition coefficient (Wildman–Crippen LogP) is 4.37. The first-order valence-electron chi connectivity index (χ1n) is 8.06. The van der Waals surface area contributed by atoms with Crippen LogP contribution < -0.4 is 4.90 Å². The van der Waals surface area contributed by atoms with E-state index in [1.165, 1.54) is 17.0 Å². The number of imide groups is 1. The topological polar surface area (TPSA) is 40.6 Å². The van der Waals surface area contributed by atoms with E-state index in [9.17, 15) is 22.8 Å². The fourth-order valence-corrected chi connectivity index (χ4v) is 2.94. The van der Waals surface area contributed by atoms with Gasteiger partial charge in [-0.2, -0.15) is 13.2 Å². The van der Waals surface area contributed by atoms with E-state index < -0.39 is 29.7 Å². The summed E-state index contributed by atoms with van der Waals surface area (Å²) in [7, 11) is 0. The fraction of sp³-hybridized carbons (Fsp3) is 0.263. The molecule has 2 aromatic rings. The number of amides is 3. The number of hydrogen-bond donors (Lipinski definition) is 0. The maximum absolute atomic E-state index is 12.9. The highest BCUT2D eigenvalue weighted by molar-refractivity contribution is 6.13. The maximum atomic E-state index is 12.9. The average molecular weight is 362 g/mol. The van der Waals surface area contributed by atoms with Crippen LogP contribution in [-0.4, -0.2) is 22.9 Å². The number of aryl methyl sites for hydroxylation is 1. The first-order valence-corrected chi connectivity index (χ1v) is 8.06. The Kier molecular flexibility index (Phi) is 4.48. The third kappa shape index (κ3) is 3.29. The molecule has 0 radical (unpaired) electrons. The third-order valence-corrected chi connectivity index (χ3v) is 4.35. The normalized spacial score (nSPS) is 18.0. The molecule has 1 atom stereocenters. The quantitative estimate of drug-likeness (QED) is 0.761. The van der Waals surface area contributed by atoms with Gasteiger partial charge in [0, 0.05) is 5.69 Å². The Balaban J connectivity index is 1.86. The van der Waals surface area contributed by atoms with Crippen molar-refractivity contribution in [3.05, 3.63) is 65.2 Å². The Morgan fingerprint density at radius 2 is 1.69 bits per heavy atom. The van der Waals surface area contributed by atoms with Crippen LogP contribution >= 0.6 is 0 Å². The number of carbonyl (C=O) groups excluding carboxylic acids is 2. The number of nitrogens with zero attached hydrogens (tertiary/aromatic N) is 2. The number of benzene rings is 2. The van der Waals surface area contributed by atoms with E-state index in [2.05, 4.69) is 0 Å². The van der Waals surface area contributed by atoms with E-state index in [-0.39, 0.29) is 12.1 Å². The standard InChI is InChI=1S/C19H17F3N2O2/c1-12-6-8-16(9-7-12)24-13(2)17(25)23(18(24)26)11-14-4-3-5-15(10-14)19(20,21)22/h3-10,13H,11H2,1-2H3. The van der Waals surface area contributed by atoms with Gasteiger partial charge in [0.2, 0.25) is 0 Å². The van der Waals surface area contributed by atoms with Gasteiger partial charge in [0.1, 0.15) is 6.04 Å². The Morgan fingerprint density at radius 1 is 1.04 bits per heavy atom. The minimum absolute atomic E-state index is 0.200. The molecule has 0 N–H and O–H groups in total. The lowest BCUT2D eigenvalue weighted by Gasteiger charge is -2.19. The molecule has 4 nitrogen and oxygen atoms in total. The summed E-state index contributed by atoms with van der Waals surface area (Å²) < 4.78 is 38.6. The van der Waals surface area contributed by atoms with Gasteiger partial charge >= 0.3 is 12.2 Å². The molecule has 1 fully saturated rings. The second-order valence-corrected chi connectivity index (χ2v) is 6.29. The minimum Gasteiger partial charge on any atom is -0.282 e. The van der Waals surface area contributed by atoms with Crippen molar-refractivity contribution in [2.45, 2.75) is 32.6 Å². The summed E-state index contributed by atoms with van der Waals surface area (Å²) in [4.78, 5) is 27.5. The molecule has 2 aromatic carbocycles. The fourth-order valence-electron chi connectivity index (χ4n) is 2.94. The van der Waals surface area contributed by atoms with E-state index in [0.29, 0.717) is 5.69 Å². The van der Waals surface area contributed by atoms with E-state index >= 15 is 0 Å². The zero-order valence-corrected chi connectivity index (χ0v) is 14.2. The van der Waals surface area contributed by atoms with Gasteiger partial charge in [-0.1, -0.05) is 29.8 Å². The van der Waals surface area contributed by atoms with Crippen LogP contribution in [0.2, 0.25) is 0 Å². The summed E-state index contributed by atoms with van der Waals surface area (Å²) in [5.41, 5.74) is 1.03. The lowest BCUT2D eigenvalue weighted by atomic mass is 10.1. The van der Waals surface area contributed by atoms with Crippen molar-refractivity contribution in [2.75, 3.05) is 4.90 Å². The molecule has 0 saturated carbocycles. The van der Waals surface area contributed by atoms with Crippen LogP contribution in [0.4, 0.5) is 23.7 Å². The second kappa shape index (κ2) is 6.48. The molecular formula is C19H17F3N2O2. The summed E-state index contributed by atoms with van der Waals surface area (Å²) in [5.74, 6) is -0.437. The number of anilines is 1. The van der Waals surface area contributed by atoms with Crippen LogP contribution in [0.15, 0.2) is 48.5 Å². The van der Waals surface area contributed by atoms with Gasteiger partial charge in [-0.15, -0.1) is 0 Å². The third-order valence-electron chi connectivity index (χ3n) is 4.35. The Labute approximate surface area is 148 Å². The number of alkyl halides is 3. The maximum Gasteiger partial charge on any atom is 0.416 e. The van der Waals surface area contributed by atoms with Gasteiger partial charge in [0.25, 0.3) is 5.91 Å². The number of rotatable bonds is 3. The molecule has 1 unspecified atom stereocenters. The SMILES string of the molecule is Cc1ccc(N2C(=O)N(Cc3cccc(C(F)(F)F)c3)C(=O)C2C)cc1. The lowest BCUT2D eigenvalue weighted by molar-refractivity contribution is -0.137. The van der Waals surface area contributed by atoms with Crippen molar-refractivity contribution in [3.8, 4) is 0 Å². The Bertz CT molecular complexity index is 847. The number of hydrogen-bond acceptors (Lipinski definition) is 2. The summed E-state index contributed by atoms with van der Waals surface area (Å²) in [6.45, 7) is 3.31. The van der Waals surface area contributed by atoms with E-state index in [1.807, 2.05) is 19.1 Å². The van der Waals surface area contributed by atoms with Crippen molar-refractivity contribution in [3.63, 3.8) is 0 Å². The van der Waals surface area contributed by atoms with Crippen LogP contribution in [0.5, 0.6) is 0 Å². The second-order valence-electron chi connectivity index (χ2n) is 6.29. The Hall–Kier alpha value is -2.83. The highest BCUT2D eigenvalue weighted by Crippen LogP contribution is 2.31. The van der Waals surface area contributed by atoms with E-state index in [4.69, 9.17) is 0 Å². The first kappa shape index (κ1) is 18.0. The molecular weight excluding hydrogens is 345 g/mol. The van der Waals surface area contributed by atoms with Gasteiger partial charge in [0.05, 0.1) is 12.1 Å². The number of urea groups is 1. The predicted molar refractivity (Wildman–Crippen MR) is 90.5 cm³/mol. The van der Waals surface area contributed by atoms with Crippen molar-refractivity contribution in [2.24, 2.45) is 0 Å². The molecule has 1 aliphatic rings. The van der Waals surface area contributed by atoms with Gasteiger partial charge in [-0.05, 0) is 43.7 Å². The van der Waals surface area contributed by atoms with Crippen LogP contribution in [0, 0.1) is 6.92 Å². The first-order chi connectivity index (χ1) is 12.2. The van der Waals surface area contributed by atoms with Crippen LogP contribution in [-0.2, 0) is 17.5 Å². The molecule has 0 aromatic heterocycles. The van der Waals surface area contributed by atoms with E-state index in [0.717, 1.165) is 22.6 Å². The monoisotopic (exact) mass is 362 g/mol. The molecule has 7 heteroatoms. The van der Waals surface area contributed by atoms with Gasteiger partial charge in [-0.3, -0.25) is 14.6 Å². The highest BCUT2D eigenvalue weighted by Gasteiger charge is 2.43. The zero-order chi connectivity index (χ0) is 19.1. The molecule has 0 aliphatic carbocycles. The molecule has 0 bridgehead atoms. The number of halogens is 3. The van der Waals surface area contributed by atoms with Gasteiger partial charge in [0.15, 0.2) is 0 Å². The van der Waals surface area contributed by atoms with Crippen molar-refractivity contribution >= 4 is 17.6 Å². The molecule has 26 heavy (non-hydrogen) atoms. The number of carbonyl (C=O) groups is 2. The van der Waals surface area contributed by atoms with Gasteiger partial charge < -0.3 is 0 Å². The largest absolute Gasteiger partial charge is 0.416 e. The molecule has 136 valence electrons. The zero-order valence-electron chi connectivity index (χ0n) is 14.2. The van der Waals surface area contributed by atoms with Crippen LogP contribution in [0.3, 0.4) is 0 Å². The molecule has 3 rings (SSSR count). The molecule has 0 spiro atoms.